The van der Waals surface area contributed by atoms with Gasteiger partial charge in [-0.05, 0) is 69.0 Å². The van der Waals surface area contributed by atoms with Crippen LogP contribution in [0.2, 0.25) is 0 Å². The van der Waals surface area contributed by atoms with Gasteiger partial charge >= 0.3 is 0 Å². The molecule has 3 nitrogen and oxygen atoms in total. The molecule has 0 saturated carbocycles. The molecule has 0 aliphatic carbocycles. The van der Waals surface area contributed by atoms with Crippen molar-refractivity contribution in [3.8, 4) is 0 Å². The summed E-state index contributed by atoms with van der Waals surface area (Å²) in [5, 5.41) is 0. The van der Waals surface area contributed by atoms with Gasteiger partial charge in [-0.2, -0.15) is 4.99 Å². The average molecular weight is 353 g/mol. The normalized spacial score (nSPS) is 12.1. The van der Waals surface area contributed by atoms with Crippen LogP contribution in [0.4, 0.5) is 0 Å². The second-order valence-electron chi connectivity index (χ2n) is 6.65. The maximum atomic E-state index is 12.6. The molecule has 0 N–H and O–H groups in total. The largest absolute Gasteiger partial charge is 0.317 e. The quantitative estimate of drug-likeness (QED) is 0.677. The molecule has 130 valence electrons. The maximum Gasteiger partial charge on any atom is 0.252 e. The lowest BCUT2D eigenvalue weighted by atomic mass is 10.0. The Bertz CT molecular complexity index is 1020. The summed E-state index contributed by atoms with van der Waals surface area (Å²) < 4.78 is 3.32. The highest BCUT2D eigenvalue weighted by Crippen LogP contribution is 2.22. The lowest BCUT2D eigenvalue weighted by Crippen LogP contribution is -2.16. The minimum atomic E-state index is -0.0871. The van der Waals surface area contributed by atoms with Gasteiger partial charge in [0, 0.05) is 6.54 Å². The summed E-state index contributed by atoms with van der Waals surface area (Å²) in [7, 11) is 0. The third-order valence-electron chi connectivity index (χ3n) is 4.68. The summed E-state index contributed by atoms with van der Waals surface area (Å²) in [5.74, 6) is -0.0871. The van der Waals surface area contributed by atoms with Gasteiger partial charge in [0.1, 0.15) is 0 Å². The number of aryl methyl sites for hydroxylation is 5. The topological polar surface area (TPSA) is 34.4 Å². The van der Waals surface area contributed by atoms with E-state index in [0.717, 1.165) is 28.0 Å². The minimum Gasteiger partial charge on any atom is -0.317 e. The van der Waals surface area contributed by atoms with Crippen molar-refractivity contribution in [1.29, 1.82) is 0 Å². The summed E-state index contributed by atoms with van der Waals surface area (Å²) in [6, 6.07) is 10.6. The van der Waals surface area contributed by atoms with E-state index in [9.17, 15) is 4.79 Å². The van der Waals surface area contributed by atoms with Crippen LogP contribution in [-0.2, 0) is 17.8 Å². The summed E-state index contributed by atoms with van der Waals surface area (Å²) in [5.41, 5.74) is 7.06. The SMILES string of the molecule is CCn1c(=NC(=O)Cc2cc(C)ccc2C)sc2cc(C)c(C)cc21. The number of carbonyl (C=O) groups is 1. The van der Waals surface area contributed by atoms with Gasteiger partial charge in [0.2, 0.25) is 0 Å². The molecule has 0 radical (unpaired) electrons. The van der Waals surface area contributed by atoms with Gasteiger partial charge in [-0.1, -0.05) is 35.1 Å². The van der Waals surface area contributed by atoms with Crippen LogP contribution in [0.1, 0.15) is 34.7 Å². The van der Waals surface area contributed by atoms with E-state index in [1.54, 1.807) is 11.3 Å². The zero-order valence-electron chi connectivity index (χ0n) is 15.5. The Balaban J connectivity index is 2.02. The van der Waals surface area contributed by atoms with Crippen molar-refractivity contribution in [3.05, 3.63) is 63.0 Å². The zero-order chi connectivity index (χ0) is 18.1. The molecule has 0 unspecified atom stereocenters. The van der Waals surface area contributed by atoms with E-state index in [4.69, 9.17) is 0 Å². The predicted molar refractivity (Wildman–Crippen MR) is 105 cm³/mol. The molecule has 3 rings (SSSR count). The highest BCUT2D eigenvalue weighted by molar-refractivity contribution is 7.16. The number of benzene rings is 2. The molecule has 0 spiro atoms. The number of carbonyl (C=O) groups excluding carboxylic acids is 1. The molecule has 0 atom stereocenters. The molecule has 0 fully saturated rings. The summed E-state index contributed by atoms with van der Waals surface area (Å²) in [6.45, 7) is 11.2. The van der Waals surface area contributed by atoms with E-state index in [1.807, 2.05) is 13.8 Å². The average Bonchev–Trinajstić information content (AvgIpc) is 2.87. The van der Waals surface area contributed by atoms with Crippen molar-refractivity contribution in [2.75, 3.05) is 0 Å². The Hall–Kier alpha value is -2.20. The molecule has 0 saturated heterocycles. The fourth-order valence-electron chi connectivity index (χ4n) is 3.01. The molecule has 1 aromatic heterocycles. The van der Waals surface area contributed by atoms with Crippen LogP contribution in [0.25, 0.3) is 10.2 Å². The summed E-state index contributed by atoms with van der Waals surface area (Å²) in [4.78, 5) is 17.8. The number of hydrogen-bond donors (Lipinski definition) is 0. The summed E-state index contributed by atoms with van der Waals surface area (Å²) in [6.07, 6.45) is 0.351. The minimum absolute atomic E-state index is 0.0871. The molecule has 0 aliphatic heterocycles. The van der Waals surface area contributed by atoms with Crippen LogP contribution in [-0.4, -0.2) is 10.5 Å². The van der Waals surface area contributed by atoms with Crippen LogP contribution < -0.4 is 4.80 Å². The van der Waals surface area contributed by atoms with Crippen molar-refractivity contribution in [2.45, 2.75) is 47.6 Å². The first-order valence-electron chi connectivity index (χ1n) is 8.63. The predicted octanol–water partition coefficient (Wildman–Crippen LogP) is 4.63. The molecular formula is C21H24N2OS. The molecule has 25 heavy (non-hydrogen) atoms. The first kappa shape index (κ1) is 17.6. The van der Waals surface area contributed by atoms with Crippen molar-refractivity contribution >= 4 is 27.5 Å². The van der Waals surface area contributed by atoms with Gasteiger partial charge in [-0.15, -0.1) is 0 Å². The van der Waals surface area contributed by atoms with Gasteiger partial charge in [-0.3, -0.25) is 4.79 Å². The van der Waals surface area contributed by atoms with Crippen molar-refractivity contribution in [1.82, 2.24) is 4.57 Å². The molecule has 3 aromatic rings. The Morgan fingerprint density at radius 3 is 2.48 bits per heavy atom. The van der Waals surface area contributed by atoms with E-state index < -0.39 is 0 Å². The van der Waals surface area contributed by atoms with Gasteiger partial charge < -0.3 is 4.57 Å². The van der Waals surface area contributed by atoms with E-state index in [0.29, 0.717) is 6.42 Å². The number of nitrogens with zero attached hydrogens (tertiary/aromatic N) is 2. The van der Waals surface area contributed by atoms with E-state index >= 15 is 0 Å². The molecule has 0 aliphatic rings. The lowest BCUT2D eigenvalue weighted by molar-refractivity contribution is -0.117. The first-order valence-corrected chi connectivity index (χ1v) is 9.45. The van der Waals surface area contributed by atoms with Crippen LogP contribution >= 0.6 is 11.3 Å². The number of fused-ring (bicyclic) bond motifs is 1. The molecule has 0 bridgehead atoms. The fourth-order valence-corrected chi connectivity index (χ4v) is 4.20. The third-order valence-corrected chi connectivity index (χ3v) is 5.72. The molecule has 4 heteroatoms. The van der Waals surface area contributed by atoms with Crippen molar-refractivity contribution in [3.63, 3.8) is 0 Å². The number of rotatable bonds is 3. The van der Waals surface area contributed by atoms with Crippen LogP contribution in [0.15, 0.2) is 35.3 Å². The fraction of sp³-hybridized carbons (Fsp3) is 0.333. The second-order valence-corrected chi connectivity index (χ2v) is 7.65. The van der Waals surface area contributed by atoms with Crippen LogP contribution in [0.5, 0.6) is 0 Å². The number of amides is 1. The summed E-state index contributed by atoms with van der Waals surface area (Å²) >= 11 is 1.59. The Labute approximate surface area is 152 Å². The lowest BCUT2D eigenvalue weighted by Gasteiger charge is -2.05. The van der Waals surface area contributed by atoms with Crippen LogP contribution in [0.3, 0.4) is 0 Å². The molecule has 1 heterocycles. The smallest absolute Gasteiger partial charge is 0.252 e. The first-order chi connectivity index (χ1) is 11.9. The molecular weight excluding hydrogens is 328 g/mol. The van der Waals surface area contributed by atoms with Gasteiger partial charge in [0.25, 0.3) is 5.91 Å². The van der Waals surface area contributed by atoms with E-state index in [2.05, 4.69) is 60.7 Å². The van der Waals surface area contributed by atoms with Gasteiger partial charge in [0.05, 0.1) is 16.6 Å². The van der Waals surface area contributed by atoms with Crippen LogP contribution in [0, 0.1) is 27.7 Å². The van der Waals surface area contributed by atoms with Crippen molar-refractivity contribution < 1.29 is 4.79 Å². The Morgan fingerprint density at radius 1 is 1.04 bits per heavy atom. The Morgan fingerprint density at radius 2 is 1.76 bits per heavy atom. The molecule has 2 aromatic carbocycles. The van der Waals surface area contributed by atoms with E-state index in [1.165, 1.54) is 21.4 Å². The number of hydrogen-bond acceptors (Lipinski definition) is 2. The van der Waals surface area contributed by atoms with Gasteiger partial charge in [0.15, 0.2) is 4.80 Å². The van der Waals surface area contributed by atoms with Gasteiger partial charge in [-0.25, -0.2) is 0 Å². The van der Waals surface area contributed by atoms with E-state index in [-0.39, 0.29) is 5.91 Å². The third kappa shape index (κ3) is 3.59. The van der Waals surface area contributed by atoms with Crippen molar-refractivity contribution in [2.24, 2.45) is 4.99 Å². The number of aromatic nitrogens is 1. The maximum absolute atomic E-state index is 12.6. The zero-order valence-corrected chi connectivity index (χ0v) is 16.3. The highest BCUT2D eigenvalue weighted by Gasteiger charge is 2.10. The number of thiazole rings is 1. The highest BCUT2D eigenvalue weighted by atomic mass is 32.1. The standard InChI is InChI=1S/C21H24N2OS/c1-6-23-18-10-15(4)16(5)11-19(18)25-21(23)22-20(24)12-17-9-13(2)7-8-14(17)3/h7-11H,6,12H2,1-5H3. The Kier molecular flexibility index (Phi) is 4.91. The second kappa shape index (κ2) is 6.96. The molecule has 1 amide bonds. The monoisotopic (exact) mass is 352 g/mol.